The maximum Gasteiger partial charge on any atom is 0.339 e. The summed E-state index contributed by atoms with van der Waals surface area (Å²) in [6.45, 7) is 6.16. The minimum Gasteiger partial charge on any atom is -0.465 e. The van der Waals surface area contributed by atoms with Gasteiger partial charge in [0.05, 0.1) is 24.1 Å². The van der Waals surface area contributed by atoms with Crippen molar-refractivity contribution in [3.8, 4) is 11.3 Å². The van der Waals surface area contributed by atoms with Crippen LogP contribution in [0.4, 0.5) is 0 Å². The van der Waals surface area contributed by atoms with Gasteiger partial charge in [-0.25, -0.2) is 4.79 Å². The van der Waals surface area contributed by atoms with Crippen molar-refractivity contribution in [1.82, 2.24) is 4.98 Å². The number of carbonyl (C=O) groups is 1. The fourth-order valence-electron chi connectivity index (χ4n) is 3.16. The first-order valence-corrected chi connectivity index (χ1v) is 7.70. The van der Waals surface area contributed by atoms with Crippen molar-refractivity contribution in [2.24, 2.45) is 0 Å². The normalized spacial score (nSPS) is 13.1. The molecule has 0 bridgehead atoms. The summed E-state index contributed by atoms with van der Waals surface area (Å²) < 4.78 is 4.86. The highest BCUT2D eigenvalue weighted by Gasteiger charge is 2.20. The van der Waals surface area contributed by atoms with Gasteiger partial charge in [0, 0.05) is 5.56 Å². The van der Waals surface area contributed by atoms with Crippen LogP contribution >= 0.6 is 0 Å². The lowest BCUT2D eigenvalue weighted by molar-refractivity contribution is 0.0599. The van der Waals surface area contributed by atoms with E-state index in [1.54, 1.807) is 0 Å². The predicted molar refractivity (Wildman–Crippen MR) is 87.2 cm³/mol. The molecule has 1 aromatic carbocycles. The molecule has 0 aliphatic heterocycles. The number of ether oxygens (including phenoxy) is 1. The smallest absolute Gasteiger partial charge is 0.339 e. The van der Waals surface area contributed by atoms with E-state index in [1.165, 1.54) is 29.4 Å². The average Bonchev–Trinajstić information content (AvgIpc) is 2.66. The monoisotopic (exact) mass is 295 g/mol. The molecule has 22 heavy (non-hydrogen) atoms. The molecule has 3 nitrogen and oxygen atoms in total. The highest BCUT2D eigenvalue weighted by Crippen LogP contribution is 2.34. The molecule has 0 amide bonds. The number of benzene rings is 1. The first-order valence-electron chi connectivity index (χ1n) is 7.70. The molecule has 1 aliphatic carbocycles. The summed E-state index contributed by atoms with van der Waals surface area (Å²) in [7, 11) is 1.41. The first kappa shape index (κ1) is 14.8. The molecule has 0 N–H and O–H groups in total. The largest absolute Gasteiger partial charge is 0.465 e. The van der Waals surface area contributed by atoms with Crippen LogP contribution in [0.5, 0.6) is 0 Å². The molecule has 0 fully saturated rings. The summed E-state index contributed by atoms with van der Waals surface area (Å²) in [4.78, 5) is 16.6. The molecular formula is C19H21NO2. The highest BCUT2D eigenvalue weighted by molar-refractivity contribution is 5.91. The first-order chi connectivity index (χ1) is 10.5. The van der Waals surface area contributed by atoms with Gasteiger partial charge in [-0.05, 0) is 74.4 Å². The van der Waals surface area contributed by atoms with Gasteiger partial charge in [-0.2, -0.15) is 0 Å². The molecule has 0 unspecified atom stereocenters. The standard InChI is InChI=1S/C19H21NO2/c1-11-8-14-6-5-7-15-10-16(19(21)22-4)13(3)20-18(15)17(14)9-12(11)2/h8-10H,5-7H2,1-4H3. The maximum atomic E-state index is 11.9. The topological polar surface area (TPSA) is 39.2 Å². The van der Waals surface area contributed by atoms with E-state index >= 15 is 0 Å². The zero-order valence-corrected chi connectivity index (χ0v) is 13.6. The summed E-state index contributed by atoms with van der Waals surface area (Å²) in [5.41, 5.74) is 8.67. The van der Waals surface area contributed by atoms with E-state index in [1.807, 2.05) is 13.0 Å². The molecule has 3 heteroatoms. The number of aryl methyl sites for hydroxylation is 5. The molecule has 3 rings (SSSR count). The van der Waals surface area contributed by atoms with E-state index in [4.69, 9.17) is 9.72 Å². The minimum absolute atomic E-state index is 0.308. The van der Waals surface area contributed by atoms with Crippen molar-refractivity contribution in [1.29, 1.82) is 0 Å². The second-order valence-electron chi connectivity index (χ2n) is 6.07. The number of hydrogen-bond donors (Lipinski definition) is 0. The van der Waals surface area contributed by atoms with Crippen molar-refractivity contribution in [2.45, 2.75) is 40.0 Å². The Kier molecular flexibility index (Phi) is 3.73. The van der Waals surface area contributed by atoms with Crippen LogP contribution < -0.4 is 0 Å². The van der Waals surface area contributed by atoms with Crippen molar-refractivity contribution < 1.29 is 9.53 Å². The van der Waals surface area contributed by atoms with Crippen LogP contribution in [0.25, 0.3) is 11.3 Å². The fourth-order valence-corrected chi connectivity index (χ4v) is 3.16. The number of fused-ring (bicyclic) bond motifs is 3. The van der Waals surface area contributed by atoms with Crippen LogP contribution in [-0.2, 0) is 17.6 Å². The Hall–Kier alpha value is -2.16. The lowest BCUT2D eigenvalue weighted by Gasteiger charge is -2.14. The summed E-state index contributed by atoms with van der Waals surface area (Å²) in [6, 6.07) is 6.48. The molecule has 0 radical (unpaired) electrons. The Bertz CT molecular complexity index is 763. The number of hydrogen-bond acceptors (Lipinski definition) is 3. The lowest BCUT2D eigenvalue weighted by atomic mass is 9.95. The third kappa shape index (κ3) is 2.41. The van der Waals surface area contributed by atoms with E-state index in [0.717, 1.165) is 36.2 Å². The second kappa shape index (κ2) is 5.56. The number of methoxy groups -OCH3 is 1. The Morgan fingerprint density at radius 1 is 1.05 bits per heavy atom. The summed E-state index contributed by atoms with van der Waals surface area (Å²) >= 11 is 0. The third-order valence-corrected chi connectivity index (χ3v) is 4.56. The molecule has 0 saturated carbocycles. The van der Waals surface area contributed by atoms with Crippen LogP contribution in [0.15, 0.2) is 18.2 Å². The van der Waals surface area contributed by atoms with Gasteiger partial charge in [0.25, 0.3) is 0 Å². The van der Waals surface area contributed by atoms with Gasteiger partial charge in [-0.3, -0.25) is 4.98 Å². The van der Waals surface area contributed by atoms with Crippen molar-refractivity contribution in [3.63, 3.8) is 0 Å². The van der Waals surface area contributed by atoms with Gasteiger partial charge in [-0.15, -0.1) is 0 Å². The van der Waals surface area contributed by atoms with Gasteiger partial charge in [0.2, 0.25) is 0 Å². The van der Waals surface area contributed by atoms with Gasteiger partial charge < -0.3 is 4.74 Å². The molecule has 1 heterocycles. The fraction of sp³-hybridized carbons (Fsp3) is 0.368. The molecule has 1 aliphatic rings. The number of nitrogens with zero attached hydrogens (tertiary/aromatic N) is 1. The number of aromatic nitrogens is 1. The van der Waals surface area contributed by atoms with Crippen LogP contribution in [0.3, 0.4) is 0 Å². The molecule has 1 aromatic heterocycles. The molecule has 0 saturated heterocycles. The molecular weight excluding hydrogens is 274 g/mol. The van der Waals surface area contributed by atoms with Crippen LogP contribution in [0.1, 0.15) is 44.7 Å². The van der Waals surface area contributed by atoms with Crippen LogP contribution in [0, 0.1) is 20.8 Å². The Balaban J connectivity index is 2.23. The zero-order valence-electron chi connectivity index (χ0n) is 13.6. The Labute approximate surface area is 131 Å². The van der Waals surface area contributed by atoms with E-state index in [2.05, 4.69) is 26.0 Å². The van der Waals surface area contributed by atoms with Gasteiger partial charge in [0.15, 0.2) is 0 Å². The minimum atomic E-state index is -0.308. The van der Waals surface area contributed by atoms with E-state index in [-0.39, 0.29) is 5.97 Å². The quantitative estimate of drug-likeness (QED) is 0.748. The number of pyridine rings is 1. The van der Waals surface area contributed by atoms with Crippen molar-refractivity contribution in [3.05, 3.63) is 51.7 Å². The zero-order chi connectivity index (χ0) is 15.9. The van der Waals surface area contributed by atoms with Crippen LogP contribution in [0.2, 0.25) is 0 Å². The van der Waals surface area contributed by atoms with Gasteiger partial charge >= 0.3 is 5.97 Å². The summed E-state index contributed by atoms with van der Waals surface area (Å²) in [6.07, 6.45) is 3.08. The van der Waals surface area contributed by atoms with Gasteiger partial charge in [0.1, 0.15) is 0 Å². The van der Waals surface area contributed by atoms with E-state index in [9.17, 15) is 4.79 Å². The van der Waals surface area contributed by atoms with E-state index < -0.39 is 0 Å². The van der Waals surface area contributed by atoms with Crippen molar-refractivity contribution in [2.75, 3.05) is 7.11 Å². The Morgan fingerprint density at radius 2 is 1.73 bits per heavy atom. The van der Waals surface area contributed by atoms with Gasteiger partial charge in [-0.1, -0.05) is 6.07 Å². The number of carbonyl (C=O) groups excluding carboxylic acids is 1. The highest BCUT2D eigenvalue weighted by atomic mass is 16.5. The predicted octanol–water partition coefficient (Wildman–Crippen LogP) is 3.95. The van der Waals surface area contributed by atoms with Crippen LogP contribution in [-0.4, -0.2) is 18.1 Å². The molecule has 2 aromatic rings. The second-order valence-corrected chi connectivity index (χ2v) is 6.07. The lowest BCUT2D eigenvalue weighted by Crippen LogP contribution is -2.08. The average molecular weight is 295 g/mol. The molecule has 0 spiro atoms. The van der Waals surface area contributed by atoms with Crippen molar-refractivity contribution >= 4 is 5.97 Å². The number of rotatable bonds is 1. The number of esters is 1. The maximum absolute atomic E-state index is 11.9. The summed E-state index contributed by atoms with van der Waals surface area (Å²) in [5, 5.41) is 0. The van der Waals surface area contributed by atoms with E-state index in [0.29, 0.717) is 5.56 Å². The Morgan fingerprint density at radius 3 is 2.45 bits per heavy atom. The molecule has 114 valence electrons. The SMILES string of the molecule is COC(=O)c1cc2c(nc1C)-c1cc(C)c(C)cc1CCC2. The third-order valence-electron chi connectivity index (χ3n) is 4.56. The molecule has 0 atom stereocenters. The summed E-state index contributed by atoms with van der Waals surface area (Å²) in [5.74, 6) is -0.308.